The molecule has 98 valence electrons. The van der Waals surface area contributed by atoms with E-state index in [-0.39, 0.29) is 11.9 Å². The molecule has 0 saturated heterocycles. The van der Waals surface area contributed by atoms with Gasteiger partial charge in [-0.25, -0.2) is 9.59 Å². The molecule has 1 rings (SSSR count). The number of carbonyl (C=O) groups is 2. The van der Waals surface area contributed by atoms with Crippen molar-refractivity contribution >= 4 is 12.0 Å². The van der Waals surface area contributed by atoms with Crippen LogP contribution in [0, 0.1) is 11.8 Å². The Hall–Kier alpha value is -1.26. The van der Waals surface area contributed by atoms with E-state index in [9.17, 15) is 9.59 Å². The van der Waals surface area contributed by atoms with Gasteiger partial charge < -0.3 is 15.7 Å². The van der Waals surface area contributed by atoms with Crippen molar-refractivity contribution in [1.82, 2.24) is 10.6 Å². The van der Waals surface area contributed by atoms with Crippen molar-refractivity contribution in [3.63, 3.8) is 0 Å². The molecule has 0 spiro atoms. The number of aliphatic carboxylic acids is 1. The monoisotopic (exact) mass is 242 g/mol. The van der Waals surface area contributed by atoms with Gasteiger partial charge in [0.15, 0.2) is 0 Å². The van der Waals surface area contributed by atoms with E-state index >= 15 is 0 Å². The Morgan fingerprint density at radius 3 is 2.41 bits per heavy atom. The minimum atomic E-state index is -0.992. The minimum absolute atomic E-state index is 0.120. The van der Waals surface area contributed by atoms with Gasteiger partial charge in [-0.3, -0.25) is 0 Å². The van der Waals surface area contributed by atoms with E-state index in [1.54, 1.807) is 13.8 Å². The lowest BCUT2D eigenvalue weighted by molar-refractivity contribution is -0.140. The molecule has 17 heavy (non-hydrogen) atoms. The lowest BCUT2D eigenvalue weighted by Crippen LogP contribution is -2.48. The van der Waals surface area contributed by atoms with Crippen LogP contribution in [0.3, 0.4) is 0 Å². The van der Waals surface area contributed by atoms with Gasteiger partial charge in [0.25, 0.3) is 0 Å². The van der Waals surface area contributed by atoms with Crippen molar-refractivity contribution in [3.05, 3.63) is 0 Å². The summed E-state index contributed by atoms with van der Waals surface area (Å²) in [6.45, 7) is 4.17. The van der Waals surface area contributed by atoms with Crippen LogP contribution < -0.4 is 10.6 Å². The van der Waals surface area contributed by atoms with Crippen LogP contribution in [-0.2, 0) is 4.79 Å². The Labute approximate surface area is 102 Å². The van der Waals surface area contributed by atoms with E-state index in [2.05, 4.69) is 10.6 Å². The standard InChI is InChI=1S/C12H22N2O3/c1-8(2)10(11(15)16)14-12(17)13-7-6-9-4-3-5-9/h8-10H,3-7H2,1-2H3,(H,15,16)(H2,13,14,17)/t10-/m0/s1. The van der Waals surface area contributed by atoms with Crippen molar-refractivity contribution < 1.29 is 14.7 Å². The Morgan fingerprint density at radius 2 is 2.00 bits per heavy atom. The molecule has 3 N–H and O–H groups in total. The summed E-state index contributed by atoms with van der Waals surface area (Å²) in [6.07, 6.45) is 4.80. The molecule has 0 aliphatic heterocycles. The van der Waals surface area contributed by atoms with E-state index in [4.69, 9.17) is 5.11 Å². The predicted octanol–water partition coefficient (Wildman–Crippen LogP) is 1.58. The third-order valence-corrected chi connectivity index (χ3v) is 3.28. The molecule has 2 amide bonds. The first kappa shape index (κ1) is 13.8. The highest BCUT2D eigenvalue weighted by atomic mass is 16.4. The molecule has 1 saturated carbocycles. The predicted molar refractivity (Wildman–Crippen MR) is 64.8 cm³/mol. The third kappa shape index (κ3) is 4.63. The number of rotatable bonds is 6. The molecule has 1 atom stereocenters. The zero-order valence-electron chi connectivity index (χ0n) is 10.5. The van der Waals surface area contributed by atoms with Gasteiger partial charge in [0.05, 0.1) is 0 Å². The Bertz CT molecular complexity index is 275. The highest BCUT2D eigenvalue weighted by Gasteiger charge is 2.23. The molecular formula is C12H22N2O3. The van der Waals surface area contributed by atoms with Gasteiger partial charge in [0.1, 0.15) is 6.04 Å². The van der Waals surface area contributed by atoms with E-state index in [1.165, 1.54) is 19.3 Å². The summed E-state index contributed by atoms with van der Waals surface area (Å²) in [5.74, 6) is -0.366. The highest BCUT2D eigenvalue weighted by molar-refractivity contribution is 5.82. The number of carbonyl (C=O) groups excluding carboxylic acids is 1. The van der Waals surface area contributed by atoms with Crippen molar-refractivity contribution in [1.29, 1.82) is 0 Å². The van der Waals surface area contributed by atoms with Crippen molar-refractivity contribution in [2.24, 2.45) is 11.8 Å². The van der Waals surface area contributed by atoms with Crippen LogP contribution in [0.1, 0.15) is 39.5 Å². The summed E-state index contributed by atoms with van der Waals surface area (Å²) in [6, 6.07) is -1.20. The second-order valence-corrected chi connectivity index (χ2v) is 5.05. The molecule has 0 radical (unpaired) electrons. The normalized spacial score (nSPS) is 17.4. The average molecular weight is 242 g/mol. The third-order valence-electron chi connectivity index (χ3n) is 3.28. The van der Waals surface area contributed by atoms with Crippen LogP contribution >= 0.6 is 0 Å². The lowest BCUT2D eigenvalue weighted by atomic mass is 9.83. The van der Waals surface area contributed by atoms with E-state index in [1.807, 2.05) is 0 Å². The fraction of sp³-hybridized carbons (Fsp3) is 0.833. The van der Waals surface area contributed by atoms with E-state index in [0.717, 1.165) is 12.3 Å². The lowest BCUT2D eigenvalue weighted by Gasteiger charge is -2.25. The number of hydrogen-bond donors (Lipinski definition) is 3. The van der Waals surface area contributed by atoms with Crippen LogP contribution in [0.2, 0.25) is 0 Å². The molecule has 1 aliphatic carbocycles. The molecule has 0 aromatic heterocycles. The second-order valence-electron chi connectivity index (χ2n) is 5.05. The molecule has 1 aliphatic rings. The fourth-order valence-corrected chi connectivity index (χ4v) is 1.88. The topological polar surface area (TPSA) is 78.4 Å². The Kier molecular flexibility index (Phi) is 5.25. The van der Waals surface area contributed by atoms with Gasteiger partial charge >= 0.3 is 12.0 Å². The van der Waals surface area contributed by atoms with Crippen LogP contribution in [0.4, 0.5) is 4.79 Å². The summed E-state index contributed by atoms with van der Waals surface area (Å²) in [7, 11) is 0. The summed E-state index contributed by atoms with van der Waals surface area (Å²) in [5, 5.41) is 14.1. The number of hydrogen-bond acceptors (Lipinski definition) is 2. The van der Waals surface area contributed by atoms with Gasteiger partial charge in [0, 0.05) is 6.54 Å². The van der Waals surface area contributed by atoms with Crippen molar-refractivity contribution in [3.8, 4) is 0 Å². The quantitative estimate of drug-likeness (QED) is 0.661. The SMILES string of the molecule is CC(C)[C@H](NC(=O)NCCC1CCC1)C(=O)O. The van der Waals surface area contributed by atoms with Crippen molar-refractivity contribution in [2.75, 3.05) is 6.54 Å². The van der Waals surface area contributed by atoms with E-state index in [0.29, 0.717) is 6.54 Å². The van der Waals surface area contributed by atoms with Gasteiger partial charge in [-0.1, -0.05) is 33.1 Å². The fourth-order valence-electron chi connectivity index (χ4n) is 1.88. The van der Waals surface area contributed by atoms with E-state index < -0.39 is 12.0 Å². The van der Waals surface area contributed by atoms with Gasteiger partial charge in [-0.2, -0.15) is 0 Å². The molecule has 0 aromatic rings. The molecule has 0 heterocycles. The Morgan fingerprint density at radius 1 is 1.35 bits per heavy atom. The number of nitrogens with one attached hydrogen (secondary N) is 2. The molecule has 5 heteroatoms. The van der Waals surface area contributed by atoms with Crippen LogP contribution in [0.5, 0.6) is 0 Å². The number of urea groups is 1. The number of carboxylic acids is 1. The summed E-state index contributed by atoms with van der Waals surface area (Å²) < 4.78 is 0. The molecular weight excluding hydrogens is 220 g/mol. The van der Waals surface area contributed by atoms with Crippen molar-refractivity contribution in [2.45, 2.75) is 45.6 Å². The first-order valence-corrected chi connectivity index (χ1v) is 6.28. The first-order chi connectivity index (χ1) is 8.00. The van der Waals surface area contributed by atoms with Crippen LogP contribution in [0.25, 0.3) is 0 Å². The zero-order valence-corrected chi connectivity index (χ0v) is 10.5. The van der Waals surface area contributed by atoms with Gasteiger partial charge in [-0.05, 0) is 18.3 Å². The molecule has 0 unspecified atom stereocenters. The smallest absolute Gasteiger partial charge is 0.326 e. The maximum absolute atomic E-state index is 11.5. The number of amides is 2. The molecule has 0 bridgehead atoms. The molecule has 1 fully saturated rings. The Balaban J connectivity index is 2.19. The number of carboxylic acid groups (broad SMARTS) is 1. The van der Waals surface area contributed by atoms with Gasteiger partial charge in [0.2, 0.25) is 0 Å². The first-order valence-electron chi connectivity index (χ1n) is 6.28. The minimum Gasteiger partial charge on any atom is -0.480 e. The second kappa shape index (κ2) is 6.47. The van der Waals surface area contributed by atoms with Crippen LogP contribution in [0.15, 0.2) is 0 Å². The van der Waals surface area contributed by atoms with Crippen LogP contribution in [-0.4, -0.2) is 29.7 Å². The highest BCUT2D eigenvalue weighted by Crippen LogP contribution is 2.28. The summed E-state index contributed by atoms with van der Waals surface area (Å²) in [5.41, 5.74) is 0. The summed E-state index contributed by atoms with van der Waals surface area (Å²) in [4.78, 5) is 22.3. The maximum Gasteiger partial charge on any atom is 0.326 e. The average Bonchev–Trinajstić information content (AvgIpc) is 2.17. The maximum atomic E-state index is 11.5. The largest absolute Gasteiger partial charge is 0.480 e. The zero-order chi connectivity index (χ0) is 12.8. The molecule has 0 aromatic carbocycles. The van der Waals surface area contributed by atoms with Gasteiger partial charge in [-0.15, -0.1) is 0 Å². The molecule has 5 nitrogen and oxygen atoms in total. The summed E-state index contributed by atoms with van der Waals surface area (Å²) >= 11 is 0.